The summed E-state index contributed by atoms with van der Waals surface area (Å²) in [6, 6.07) is 0. The molecule has 0 heterocycles. The average molecular weight is 362 g/mol. The number of hydrogen-bond donors (Lipinski definition) is 0. The molecule has 0 aliphatic heterocycles. The van der Waals surface area contributed by atoms with Crippen LogP contribution in [0.2, 0.25) is 0 Å². The van der Waals surface area contributed by atoms with Crippen molar-refractivity contribution in [1.29, 1.82) is 0 Å². The lowest BCUT2D eigenvalue weighted by atomic mass is 10.0. The van der Waals surface area contributed by atoms with Crippen molar-refractivity contribution in [2.75, 3.05) is 13.7 Å². The lowest BCUT2D eigenvalue weighted by Crippen LogP contribution is -2.47. The molecule has 12 heteroatoms. The Morgan fingerprint density at radius 3 is 2.05 bits per heavy atom. The molecule has 21 heavy (non-hydrogen) atoms. The number of methoxy groups -OCH3 is 1. The Bertz CT molecular complexity index is 397. The number of ether oxygens (including phenoxy) is 2. The van der Waals surface area contributed by atoms with E-state index in [2.05, 4.69) is 21.7 Å². The van der Waals surface area contributed by atoms with Crippen molar-refractivity contribution in [3.05, 3.63) is 0 Å². The smallest absolute Gasteiger partial charge is 0.422 e. The second-order valence-corrected chi connectivity index (χ2v) is 5.36. The first-order chi connectivity index (χ1) is 9.24. The zero-order chi connectivity index (χ0) is 17.1. The summed E-state index contributed by atoms with van der Waals surface area (Å²) in [5.41, 5.74) is 0. The molecule has 0 bridgehead atoms. The van der Waals surface area contributed by atoms with E-state index < -0.39 is 52.0 Å². The Labute approximate surface area is 124 Å². The highest BCUT2D eigenvalue weighted by Gasteiger charge is 2.63. The molecule has 1 unspecified atom stereocenters. The van der Waals surface area contributed by atoms with Crippen molar-refractivity contribution < 1.29 is 45.0 Å². The molecular weight excluding hydrogens is 353 g/mol. The van der Waals surface area contributed by atoms with Crippen molar-refractivity contribution in [1.82, 2.24) is 0 Å². The molecule has 0 spiro atoms. The Kier molecular flexibility index (Phi) is 6.73. The lowest BCUT2D eigenvalue weighted by molar-refractivity contribution is -0.197. The summed E-state index contributed by atoms with van der Waals surface area (Å²) < 4.78 is 95.2. The fourth-order valence-electron chi connectivity index (χ4n) is 0.920. The number of hydrogen-bond acceptors (Lipinski definition) is 5. The van der Waals surface area contributed by atoms with Crippen molar-refractivity contribution in [3.63, 3.8) is 0 Å². The number of thiocarbonyl (C=S) groups is 1. The van der Waals surface area contributed by atoms with Crippen LogP contribution in [0.1, 0.15) is 6.92 Å². The SMILES string of the molecule is COC(=O)C(C)C(F)(F)C(F)(F)SC(=S)OCC(F)(F)F. The van der Waals surface area contributed by atoms with E-state index in [4.69, 9.17) is 0 Å². The molecule has 0 aliphatic carbocycles. The molecule has 0 radical (unpaired) electrons. The van der Waals surface area contributed by atoms with Crippen LogP contribution in [0, 0.1) is 5.92 Å². The molecule has 0 aliphatic rings. The highest BCUT2D eigenvalue weighted by atomic mass is 32.2. The van der Waals surface area contributed by atoms with Crippen molar-refractivity contribution in [2.24, 2.45) is 5.92 Å². The maximum atomic E-state index is 13.5. The molecule has 3 nitrogen and oxygen atoms in total. The van der Waals surface area contributed by atoms with Gasteiger partial charge in [0.25, 0.3) is 0 Å². The van der Waals surface area contributed by atoms with E-state index in [1.165, 1.54) is 0 Å². The van der Waals surface area contributed by atoms with Gasteiger partial charge < -0.3 is 9.47 Å². The van der Waals surface area contributed by atoms with E-state index in [0.29, 0.717) is 6.92 Å². The molecule has 0 aromatic heterocycles. The Morgan fingerprint density at radius 1 is 1.19 bits per heavy atom. The topological polar surface area (TPSA) is 35.5 Å². The fraction of sp³-hybridized carbons (Fsp3) is 0.778. The average Bonchev–Trinajstić information content (AvgIpc) is 2.32. The summed E-state index contributed by atoms with van der Waals surface area (Å²) in [4.78, 5) is 10.9. The fourth-order valence-corrected chi connectivity index (χ4v) is 1.93. The van der Waals surface area contributed by atoms with Gasteiger partial charge in [0.1, 0.15) is 5.92 Å². The van der Waals surface area contributed by atoms with Gasteiger partial charge in [-0.2, -0.15) is 30.7 Å². The van der Waals surface area contributed by atoms with E-state index in [9.17, 15) is 35.5 Å². The van der Waals surface area contributed by atoms with E-state index in [1.54, 1.807) is 0 Å². The summed E-state index contributed by atoms with van der Waals surface area (Å²) in [6.45, 7) is -1.51. The second kappa shape index (κ2) is 6.99. The minimum absolute atomic E-state index is 0.486. The summed E-state index contributed by atoms with van der Waals surface area (Å²) in [6.07, 6.45) is -4.86. The molecule has 0 aromatic rings. The Balaban J connectivity index is 4.87. The van der Waals surface area contributed by atoms with Crippen molar-refractivity contribution in [3.8, 4) is 0 Å². The van der Waals surface area contributed by atoms with Crippen LogP contribution in [-0.4, -0.2) is 41.4 Å². The molecule has 124 valence electrons. The molecule has 0 saturated heterocycles. The first-order valence-electron chi connectivity index (χ1n) is 5.00. The van der Waals surface area contributed by atoms with Crippen LogP contribution >= 0.6 is 24.0 Å². The van der Waals surface area contributed by atoms with E-state index in [0.717, 1.165) is 7.11 Å². The van der Waals surface area contributed by atoms with Crippen LogP contribution in [0.5, 0.6) is 0 Å². The lowest BCUT2D eigenvalue weighted by Gasteiger charge is -2.29. The minimum Gasteiger partial charge on any atom is -0.469 e. The highest BCUT2D eigenvalue weighted by molar-refractivity contribution is 8.23. The molecule has 0 fully saturated rings. The third-order valence-electron chi connectivity index (χ3n) is 2.05. The van der Waals surface area contributed by atoms with Crippen LogP contribution in [0.3, 0.4) is 0 Å². The van der Waals surface area contributed by atoms with Gasteiger partial charge in [-0.05, 0) is 19.1 Å². The summed E-state index contributed by atoms with van der Waals surface area (Å²) in [5, 5.41) is -4.96. The normalized spacial score (nSPS) is 14.5. The van der Waals surface area contributed by atoms with Crippen LogP contribution in [0.25, 0.3) is 0 Å². The maximum absolute atomic E-state index is 13.5. The maximum Gasteiger partial charge on any atom is 0.422 e. The molecule has 0 N–H and O–H groups in total. The summed E-state index contributed by atoms with van der Waals surface area (Å²) in [5.74, 6) is -9.05. The highest BCUT2D eigenvalue weighted by Crippen LogP contribution is 2.48. The van der Waals surface area contributed by atoms with Crippen LogP contribution in [0.15, 0.2) is 0 Å². The predicted octanol–water partition coefficient (Wildman–Crippen LogP) is 3.62. The van der Waals surface area contributed by atoms with Crippen LogP contribution in [0.4, 0.5) is 30.7 Å². The summed E-state index contributed by atoms with van der Waals surface area (Å²) >= 11 is 2.95. The van der Waals surface area contributed by atoms with Gasteiger partial charge in [-0.3, -0.25) is 4.79 Å². The molecule has 0 rings (SSSR count). The van der Waals surface area contributed by atoms with Gasteiger partial charge in [0.15, 0.2) is 6.61 Å². The monoisotopic (exact) mass is 362 g/mol. The third-order valence-corrected chi connectivity index (χ3v) is 3.23. The van der Waals surface area contributed by atoms with Gasteiger partial charge in [-0.15, -0.1) is 0 Å². The van der Waals surface area contributed by atoms with E-state index in [1.807, 2.05) is 0 Å². The number of rotatable bonds is 5. The first-order valence-corrected chi connectivity index (χ1v) is 6.23. The number of thioether (sulfide) groups is 1. The zero-order valence-corrected chi connectivity index (χ0v) is 12.1. The van der Waals surface area contributed by atoms with E-state index >= 15 is 0 Å². The van der Waals surface area contributed by atoms with Crippen LogP contribution < -0.4 is 0 Å². The number of carbonyl (C=O) groups is 1. The van der Waals surface area contributed by atoms with E-state index in [-0.39, 0.29) is 0 Å². The molecule has 0 aromatic carbocycles. The number of esters is 1. The van der Waals surface area contributed by atoms with Gasteiger partial charge in [0.05, 0.1) is 7.11 Å². The van der Waals surface area contributed by atoms with Gasteiger partial charge in [0, 0.05) is 11.8 Å². The van der Waals surface area contributed by atoms with Crippen molar-refractivity contribution in [2.45, 2.75) is 24.3 Å². The van der Waals surface area contributed by atoms with Gasteiger partial charge in [0.2, 0.25) is 4.38 Å². The second-order valence-electron chi connectivity index (χ2n) is 3.64. The zero-order valence-electron chi connectivity index (χ0n) is 10.5. The van der Waals surface area contributed by atoms with Gasteiger partial charge >= 0.3 is 23.3 Å². The Hall–Kier alpha value is -0.780. The van der Waals surface area contributed by atoms with Crippen molar-refractivity contribution >= 4 is 34.3 Å². The molecule has 1 atom stereocenters. The number of alkyl halides is 7. The minimum atomic E-state index is -4.96. The molecule has 0 saturated carbocycles. The quantitative estimate of drug-likeness (QED) is 0.424. The van der Waals surface area contributed by atoms with Gasteiger partial charge in [-0.25, -0.2) is 0 Å². The summed E-state index contributed by atoms with van der Waals surface area (Å²) in [7, 11) is 0.720. The predicted molar refractivity (Wildman–Crippen MR) is 63.3 cm³/mol. The number of halogens is 7. The Morgan fingerprint density at radius 2 is 1.67 bits per heavy atom. The standard InChI is InChI=1S/C9H9F7O3S2/c1-4(5(17)18-2)8(13,14)9(15,16)21-6(20)19-3-7(10,11)12/h4H,3H2,1-2H3. The molecule has 0 amide bonds. The largest absolute Gasteiger partial charge is 0.469 e. The third kappa shape index (κ3) is 5.85. The van der Waals surface area contributed by atoms with Gasteiger partial charge in [-0.1, -0.05) is 0 Å². The molecular formula is C9H9F7O3S2. The number of carbonyl (C=O) groups excluding carboxylic acids is 1. The first kappa shape index (κ1) is 20.2. The van der Waals surface area contributed by atoms with Crippen LogP contribution in [-0.2, 0) is 14.3 Å².